The molecule has 0 aliphatic carbocycles. The predicted molar refractivity (Wildman–Crippen MR) is 76.7 cm³/mol. The van der Waals surface area contributed by atoms with E-state index in [2.05, 4.69) is 43.4 Å². The fraction of sp³-hybridized carbons (Fsp3) is 0.600. The monoisotopic (exact) mass is 263 g/mol. The molecule has 1 saturated heterocycles. The predicted octanol–water partition coefficient (Wildman–Crippen LogP) is 2.73. The van der Waals surface area contributed by atoms with Crippen LogP contribution in [0, 0.1) is 5.41 Å². The molecular weight excluding hydrogens is 242 g/mol. The Kier molecular flexibility index (Phi) is 2.96. The van der Waals surface area contributed by atoms with E-state index in [-0.39, 0.29) is 11.5 Å². The Morgan fingerprint density at radius 1 is 1.33 bits per heavy atom. The van der Waals surface area contributed by atoms with Crippen LogP contribution in [-0.2, 0) is 6.54 Å². The van der Waals surface area contributed by atoms with E-state index in [4.69, 9.17) is 0 Å². The molecule has 1 fully saturated rings. The Balaban J connectivity index is 2.00. The molecule has 2 unspecified atom stereocenters. The average molecular weight is 263 g/mol. The van der Waals surface area contributed by atoms with Gasteiger partial charge in [-0.3, -0.25) is 0 Å². The van der Waals surface area contributed by atoms with Crippen LogP contribution >= 0.6 is 11.8 Å². The molecule has 1 aromatic carbocycles. The summed E-state index contributed by atoms with van der Waals surface area (Å²) in [6.07, 6.45) is 1.08. The van der Waals surface area contributed by atoms with Gasteiger partial charge in [-0.15, -0.1) is 0 Å². The van der Waals surface area contributed by atoms with E-state index in [1.54, 1.807) is 0 Å². The van der Waals surface area contributed by atoms with E-state index in [0.717, 1.165) is 24.5 Å². The van der Waals surface area contributed by atoms with Crippen LogP contribution in [0.25, 0.3) is 0 Å². The van der Waals surface area contributed by atoms with Gasteiger partial charge in [0.1, 0.15) is 0 Å². The number of hydrogen-bond acceptors (Lipinski definition) is 3. The van der Waals surface area contributed by atoms with E-state index in [0.29, 0.717) is 0 Å². The standard InChI is InChI=1S/C15H21NOS/c1-14(2)7-8-18-10-15(14,17)13-12-6-4-3-5-11(12)9-16-13/h3-6,13,16-17H,7-10H2,1-2H3. The maximum absolute atomic E-state index is 11.3. The van der Waals surface area contributed by atoms with Crippen molar-refractivity contribution in [1.29, 1.82) is 0 Å². The largest absolute Gasteiger partial charge is 0.386 e. The van der Waals surface area contributed by atoms with Gasteiger partial charge < -0.3 is 10.4 Å². The molecule has 0 radical (unpaired) electrons. The molecule has 3 rings (SSSR count). The number of hydrogen-bond donors (Lipinski definition) is 2. The molecule has 18 heavy (non-hydrogen) atoms. The summed E-state index contributed by atoms with van der Waals surface area (Å²) in [5.74, 6) is 1.98. The Hall–Kier alpha value is -0.510. The van der Waals surface area contributed by atoms with E-state index >= 15 is 0 Å². The fourth-order valence-electron chi connectivity index (χ4n) is 3.17. The second kappa shape index (κ2) is 4.26. The van der Waals surface area contributed by atoms with Gasteiger partial charge in [0.15, 0.2) is 0 Å². The second-order valence-electron chi connectivity index (χ2n) is 6.12. The molecule has 2 heterocycles. The van der Waals surface area contributed by atoms with Crippen LogP contribution in [0.5, 0.6) is 0 Å². The molecular formula is C15H21NOS. The molecule has 1 aromatic rings. The van der Waals surface area contributed by atoms with Crippen molar-refractivity contribution in [2.45, 2.75) is 38.5 Å². The number of aliphatic hydroxyl groups is 1. The van der Waals surface area contributed by atoms with Gasteiger partial charge in [0.2, 0.25) is 0 Å². The summed E-state index contributed by atoms with van der Waals surface area (Å²) in [7, 11) is 0. The first-order valence-electron chi connectivity index (χ1n) is 6.66. The van der Waals surface area contributed by atoms with Gasteiger partial charge >= 0.3 is 0 Å². The smallest absolute Gasteiger partial charge is 0.0982 e. The van der Waals surface area contributed by atoms with Gasteiger partial charge in [-0.25, -0.2) is 0 Å². The van der Waals surface area contributed by atoms with Gasteiger partial charge in [0, 0.05) is 12.3 Å². The van der Waals surface area contributed by atoms with E-state index in [1.807, 2.05) is 11.8 Å². The highest BCUT2D eigenvalue weighted by Crippen LogP contribution is 2.50. The Morgan fingerprint density at radius 2 is 2.11 bits per heavy atom. The summed E-state index contributed by atoms with van der Waals surface area (Å²) < 4.78 is 0. The SMILES string of the molecule is CC1(C)CCSCC1(O)C1NCc2ccccc21. The van der Waals surface area contributed by atoms with Gasteiger partial charge in [0.25, 0.3) is 0 Å². The lowest BCUT2D eigenvalue weighted by atomic mass is 9.68. The summed E-state index contributed by atoms with van der Waals surface area (Å²) >= 11 is 1.88. The minimum Gasteiger partial charge on any atom is -0.386 e. The van der Waals surface area contributed by atoms with E-state index in [1.165, 1.54) is 11.1 Å². The van der Waals surface area contributed by atoms with Crippen molar-refractivity contribution < 1.29 is 5.11 Å². The molecule has 2 nitrogen and oxygen atoms in total. The summed E-state index contributed by atoms with van der Waals surface area (Å²) in [5.41, 5.74) is 1.94. The number of fused-ring (bicyclic) bond motifs is 1. The third-order valence-corrected chi connectivity index (χ3v) is 5.84. The third-order valence-electron chi connectivity index (χ3n) is 4.71. The lowest BCUT2D eigenvalue weighted by Crippen LogP contribution is -2.56. The molecule has 2 atom stereocenters. The van der Waals surface area contributed by atoms with E-state index < -0.39 is 5.60 Å². The maximum Gasteiger partial charge on any atom is 0.0982 e. The lowest BCUT2D eigenvalue weighted by molar-refractivity contribution is -0.0796. The van der Waals surface area contributed by atoms with Gasteiger partial charge in [-0.1, -0.05) is 38.1 Å². The molecule has 2 N–H and O–H groups in total. The summed E-state index contributed by atoms with van der Waals surface area (Å²) in [5, 5.41) is 14.8. The highest BCUT2D eigenvalue weighted by Gasteiger charge is 2.52. The highest BCUT2D eigenvalue weighted by atomic mass is 32.2. The first-order valence-corrected chi connectivity index (χ1v) is 7.81. The van der Waals surface area contributed by atoms with Crippen LogP contribution < -0.4 is 5.32 Å². The van der Waals surface area contributed by atoms with E-state index in [9.17, 15) is 5.11 Å². The number of benzene rings is 1. The van der Waals surface area contributed by atoms with Crippen LogP contribution in [0.15, 0.2) is 24.3 Å². The molecule has 0 saturated carbocycles. The summed E-state index contributed by atoms with van der Waals surface area (Å²) in [6.45, 7) is 5.29. The van der Waals surface area contributed by atoms with Crippen molar-refractivity contribution in [3.05, 3.63) is 35.4 Å². The van der Waals surface area contributed by atoms with Crippen LogP contribution in [-0.4, -0.2) is 22.2 Å². The third kappa shape index (κ3) is 1.72. The van der Waals surface area contributed by atoms with Crippen molar-refractivity contribution in [3.63, 3.8) is 0 Å². The molecule has 3 heteroatoms. The normalized spacial score (nSPS) is 34.3. The molecule has 0 bridgehead atoms. The summed E-state index contributed by atoms with van der Waals surface area (Å²) in [6, 6.07) is 8.55. The lowest BCUT2D eigenvalue weighted by Gasteiger charge is -2.49. The van der Waals surface area contributed by atoms with Gasteiger partial charge in [-0.05, 0) is 28.7 Å². The zero-order chi connectivity index (χ0) is 12.8. The zero-order valence-corrected chi connectivity index (χ0v) is 11.9. The fourth-order valence-corrected chi connectivity index (χ4v) is 4.83. The molecule has 0 spiro atoms. The number of thioether (sulfide) groups is 1. The maximum atomic E-state index is 11.3. The Morgan fingerprint density at radius 3 is 2.89 bits per heavy atom. The molecule has 2 aliphatic rings. The average Bonchev–Trinajstić information content (AvgIpc) is 2.77. The first kappa shape index (κ1) is 12.5. The molecule has 98 valence electrons. The van der Waals surface area contributed by atoms with Crippen LogP contribution in [0.1, 0.15) is 37.4 Å². The minimum atomic E-state index is -0.650. The molecule has 0 amide bonds. The topological polar surface area (TPSA) is 32.3 Å². The molecule has 0 aromatic heterocycles. The zero-order valence-electron chi connectivity index (χ0n) is 11.1. The molecule has 2 aliphatic heterocycles. The quantitative estimate of drug-likeness (QED) is 0.817. The highest BCUT2D eigenvalue weighted by molar-refractivity contribution is 7.99. The van der Waals surface area contributed by atoms with Crippen molar-refractivity contribution >= 4 is 11.8 Å². The van der Waals surface area contributed by atoms with Crippen molar-refractivity contribution in [2.24, 2.45) is 5.41 Å². The Bertz CT molecular complexity index is 460. The Labute approximate surface area is 113 Å². The van der Waals surface area contributed by atoms with Crippen LogP contribution in [0.4, 0.5) is 0 Å². The van der Waals surface area contributed by atoms with Gasteiger partial charge in [0.05, 0.1) is 11.6 Å². The first-order chi connectivity index (χ1) is 8.55. The number of nitrogens with one attached hydrogen (secondary N) is 1. The number of rotatable bonds is 1. The van der Waals surface area contributed by atoms with Crippen LogP contribution in [0.3, 0.4) is 0 Å². The minimum absolute atomic E-state index is 0.0344. The van der Waals surface area contributed by atoms with Crippen molar-refractivity contribution in [3.8, 4) is 0 Å². The van der Waals surface area contributed by atoms with Gasteiger partial charge in [-0.2, -0.15) is 11.8 Å². The second-order valence-corrected chi connectivity index (χ2v) is 7.23. The van der Waals surface area contributed by atoms with Crippen molar-refractivity contribution in [1.82, 2.24) is 5.32 Å². The van der Waals surface area contributed by atoms with Crippen LogP contribution in [0.2, 0.25) is 0 Å². The van der Waals surface area contributed by atoms with Crippen molar-refractivity contribution in [2.75, 3.05) is 11.5 Å². The summed E-state index contributed by atoms with van der Waals surface area (Å²) in [4.78, 5) is 0.